The zero-order chi connectivity index (χ0) is 21.8. The number of fused-ring (bicyclic) bond motifs is 1. The van der Waals surface area contributed by atoms with Crippen LogP contribution in [0.1, 0.15) is 16.9 Å². The fourth-order valence-corrected chi connectivity index (χ4v) is 4.15. The van der Waals surface area contributed by atoms with Crippen LogP contribution >= 0.6 is 0 Å². The van der Waals surface area contributed by atoms with Crippen LogP contribution in [0.4, 0.5) is 0 Å². The van der Waals surface area contributed by atoms with E-state index in [1.165, 1.54) is 16.7 Å². The van der Waals surface area contributed by atoms with Gasteiger partial charge in [0.25, 0.3) is 0 Å². The largest absolute Gasteiger partial charge is 0.460 e. The molecule has 5 rings (SSSR count). The molecule has 2 aliphatic rings. The van der Waals surface area contributed by atoms with Gasteiger partial charge in [-0.2, -0.15) is 0 Å². The summed E-state index contributed by atoms with van der Waals surface area (Å²) in [7, 11) is 0. The first kappa shape index (κ1) is 20.0. The highest BCUT2D eigenvalue weighted by atomic mass is 16.3. The molecule has 0 spiro atoms. The van der Waals surface area contributed by atoms with E-state index < -0.39 is 0 Å². The number of hydrogen-bond donors (Lipinski definition) is 0. The van der Waals surface area contributed by atoms with E-state index in [-0.39, 0.29) is 0 Å². The van der Waals surface area contributed by atoms with Crippen molar-refractivity contribution in [1.29, 1.82) is 0 Å². The minimum Gasteiger partial charge on any atom is -0.460 e. The number of nitrogens with zero attached hydrogens (tertiary/aromatic N) is 1. The third-order valence-electron chi connectivity index (χ3n) is 5.82. The first-order chi connectivity index (χ1) is 15.8. The molecule has 2 heteroatoms. The zero-order valence-corrected chi connectivity index (χ0v) is 18.2. The zero-order valence-electron chi connectivity index (χ0n) is 18.2. The lowest BCUT2D eigenvalue weighted by Gasteiger charge is -2.12. The van der Waals surface area contributed by atoms with Gasteiger partial charge in [-0.3, -0.25) is 0 Å². The molecule has 0 bridgehead atoms. The summed E-state index contributed by atoms with van der Waals surface area (Å²) in [5.74, 6) is 1.84. The Morgan fingerprint density at radius 1 is 0.594 bits per heavy atom. The normalized spacial score (nSPS) is 10.9. The highest BCUT2D eigenvalue weighted by Gasteiger charge is 2.15. The van der Waals surface area contributed by atoms with Gasteiger partial charge >= 0.3 is 0 Å². The first-order valence-corrected chi connectivity index (χ1v) is 11.0. The molecule has 0 unspecified atom stereocenters. The van der Waals surface area contributed by atoms with E-state index in [1.807, 2.05) is 13.0 Å². The highest BCUT2D eigenvalue weighted by Crippen LogP contribution is 2.31. The van der Waals surface area contributed by atoms with Crippen LogP contribution in [-0.2, 0) is 13.1 Å². The third kappa shape index (κ3) is 4.40. The summed E-state index contributed by atoms with van der Waals surface area (Å²) in [5.41, 5.74) is 6.00. The van der Waals surface area contributed by atoms with Gasteiger partial charge < -0.3 is 4.42 Å². The van der Waals surface area contributed by atoms with Crippen molar-refractivity contribution in [3.05, 3.63) is 138 Å². The molecule has 3 aromatic carbocycles. The van der Waals surface area contributed by atoms with Crippen LogP contribution in [0.2, 0.25) is 0 Å². The standard InChI is InChI=1S/C30H26NO/c1-23-29(26-15-9-4-10-16-26)19-27-17-18-28(20-30(27)32-23)31(21-24-11-5-2-6-12-24)22-25-13-7-3-8-14-25/h2-20H,21-22H2,1H3/q+1. The van der Waals surface area contributed by atoms with Crippen molar-refractivity contribution < 1.29 is 4.42 Å². The fourth-order valence-electron chi connectivity index (χ4n) is 4.15. The fraction of sp³-hybridized carbons (Fsp3) is 0.100. The van der Waals surface area contributed by atoms with Crippen molar-refractivity contribution in [3.63, 3.8) is 0 Å². The summed E-state index contributed by atoms with van der Waals surface area (Å²) in [5, 5.41) is 1.15. The van der Waals surface area contributed by atoms with E-state index >= 15 is 0 Å². The van der Waals surface area contributed by atoms with Crippen LogP contribution in [0.15, 0.2) is 120 Å². The summed E-state index contributed by atoms with van der Waals surface area (Å²) in [6.45, 7) is 3.71. The molecule has 0 saturated heterocycles. The van der Waals surface area contributed by atoms with Gasteiger partial charge in [0.05, 0.1) is 6.07 Å². The summed E-state index contributed by atoms with van der Waals surface area (Å²) in [4.78, 5) is 0. The summed E-state index contributed by atoms with van der Waals surface area (Å²) in [6.07, 6.45) is 0. The van der Waals surface area contributed by atoms with Crippen molar-refractivity contribution in [2.45, 2.75) is 20.0 Å². The lowest BCUT2D eigenvalue weighted by atomic mass is 10.0. The number of benzene rings is 4. The van der Waals surface area contributed by atoms with E-state index in [0.717, 1.165) is 41.1 Å². The van der Waals surface area contributed by atoms with Crippen LogP contribution in [0.5, 0.6) is 0 Å². The van der Waals surface area contributed by atoms with Gasteiger partial charge in [0, 0.05) is 28.3 Å². The molecule has 1 aliphatic heterocycles. The average molecular weight is 417 g/mol. The molecule has 0 amide bonds. The molecule has 0 saturated carbocycles. The SMILES string of the molecule is Cc1oc2cc(=[N+](Cc3ccccc3)Cc3ccccc3)ccc-2cc1-c1ccccc1. The van der Waals surface area contributed by atoms with Gasteiger partial charge in [-0.25, -0.2) is 4.58 Å². The number of rotatable bonds is 5. The molecule has 0 aromatic heterocycles. The van der Waals surface area contributed by atoms with E-state index in [0.29, 0.717) is 0 Å². The number of hydrogen-bond acceptors (Lipinski definition) is 1. The second-order valence-corrected chi connectivity index (χ2v) is 8.13. The molecule has 1 aliphatic carbocycles. The summed E-state index contributed by atoms with van der Waals surface area (Å²) < 4.78 is 8.71. The van der Waals surface area contributed by atoms with Gasteiger partial charge in [-0.15, -0.1) is 0 Å². The molecular formula is C30H26NO+. The molecular weight excluding hydrogens is 390 g/mol. The highest BCUT2D eigenvalue weighted by molar-refractivity contribution is 5.72. The Labute approximate surface area is 189 Å². The quantitative estimate of drug-likeness (QED) is 0.297. The molecule has 1 heterocycles. The van der Waals surface area contributed by atoms with E-state index in [1.54, 1.807) is 0 Å². The maximum atomic E-state index is 6.31. The van der Waals surface area contributed by atoms with E-state index in [2.05, 4.69) is 114 Å². The Balaban J connectivity index is 1.62. The van der Waals surface area contributed by atoms with Crippen molar-refractivity contribution >= 4 is 0 Å². The number of aryl methyl sites for hydroxylation is 1. The van der Waals surface area contributed by atoms with Gasteiger partial charge in [0.15, 0.2) is 13.1 Å². The van der Waals surface area contributed by atoms with Crippen LogP contribution in [0.25, 0.3) is 22.5 Å². The second kappa shape index (κ2) is 9.07. The second-order valence-electron chi connectivity index (χ2n) is 8.13. The Kier molecular flexibility index (Phi) is 5.67. The Hall–Kier alpha value is -3.91. The lowest BCUT2D eigenvalue weighted by molar-refractivity contribution is 0.526. The smallest absolute Gasteiger partial charge is 0.204 e. The van der Waals surface area contributed by atoms with Crippen LogP contribution < -0.4 is 9.93 Å². The third-order valence-corrected chi connectivity index (χ3v) is 5.82. The molecule has 32 heavy (non-hydrogen) atoms. The summed E-state index contributed by atoms with van der Waals surface area (Å²) >= 11 is 0. The van der Waals surface area contributed by atoms with Crippen LogP contribution in [0.3, 0.4) is 0 Å². The van der Waals surface area contributed by atoms with Gasteiger partial charge in [0.2, 0.25) is 5.36 Å². The average Bonchev–Trinajstić information content (AvgIpc) is 2.85. The molecule has 156 valence electrons. The predicted octanol–water partition coefficient (Wildman–Crippen LogP) is 6.53. The minimum absolute atomic E-state index is 0.836. The van der Waals surface area contributed by atoms with Gasteiger partial charge in [-0.05, 0) is 24.6 Å². The van der Waals surface area contributed by atoms with Gasteiger partial charge in [-0.1, -0.05) is 91.0 Å². The van der Waals surface area contributed by atoms with E-state index in [4.69, 9.17) is 4.42 Å². The van der Waals surface area contributed by atoms with Crippen molar-refractivity contribution in [2.24, 2.45) is 0 Å². The van der Waals surface area contributed by atoms with Gasteiger partial charge in [0.1, 0.15) is 11.5 Å². The lowest BCUT2D eigenvalue weighted by Crippen LogP contribution is -2.29. The Morgan fingerprint density at radius 2 is 1.16 bits per heavy atom. The first-order valence-electron chi connectivity index (χ1n) is 11.0. The summed E-state index contributed by atoms with van der Waals surface area (Å²) in [6, 6.07) is 40.4. The Bertz CT molecular complexity index is 1310. The molecule has 2 nitrogen and oxygen atoms in total. The van der Waals surface area contributed by atoms with Crippen LogP contribution in [0, 0.1) is 6.92 Å². The maximum absolute atomic E-state index is 6.31. The van der Waals surface area contributed by atoms with Crippen molar-refractivity contribution in [3.8, 4) is 22.5 Å². The molecule has 0 fully saturated rings. The molecule has 0 radical (unpaired) electrons. The molecule has 3 aromatic rings. The monoisotopic (exact) mass is 416 g/mol. The Morgan fingerprint density at radius 3 is 1.75 bits per heavy atom. The maximum Gasteiger partial charge on any atom is 0.204 e. The predicted molar refractivity (Wildman–Crippen MR) is 131 cm³/mol. The molecule has 0 atom stereocenters. The topological polar surface area (TPSA) is 16.1 Å². The molecule has 0 N–H and O–H groups in total. The van der Waals surface area contributed by atoms with Crippen molar-refractivity contribution in [1.82, 2.24) is 4.58 Å². The van der Waals surface area contributed by atoms with Crippen LogP contribution in [-0.4, -0.2) is 0 Å². The van der Waals surface area contributed by atoms with Crippen molar-refractivity contribution in [2.75, 3.05) is 0 Å². The minimum atomic E-state index is 0.836. The van der Waals surface area contributed by atoms with E-state index in [9.17, 15) is 0 Å².